The van der Waals surface area contributed by atoms with Crippen molar-refractivity contribution >= 4 is 17.5 Å². The number of carbonyl (C=O) groups is 2. The van der Waals surface area contributed by atoms with E-state index >= 15 is 0 Å². The van der Waals surface area contributed by atoms with Gasteiger partial charge in [0, 0.05) is 12.1 Å². The maximum Gasteiger partial charge on any atom is 0.253 e. The summed E-state index contributed by atoms with van der Waals surface area (Å²) >= 11 is 0. The maximum atomic E-state index is 13.0. The van der Waals surface area contributed by atoms with Crippen LogP contribution in [0.1, 0.15) is 12.0 Å². The van der Waals surface area contributed by atoms with Gasteiger partial charge in [-0.05, 0) is 30.2 Å². The quantitative estimate of drug-likeness (QED) is 0.435. The largest absolute Gasteiger partial charge is 0.303 e. The zero-order valence-electron chi connectivity index (χ0n) is 9.07. The van der Waals surface area contributed by atoms with Crippen LogP contribution in [0.4, 0.5) is 10.1 Å². The molecular weight excluding hydrogens is 225 g/mol. The van der Waals surface area contributed by atoms with E-state index < -0.39 is 5.91 Å². The predicted octanol–water partition coefficient (Wildman–Crippen LogP) is 0.0948. The molecule has 0 radical (unpaired) electrons. The Morgan fingerprint density at radius 2 is 2.24 bits per heavy atom. The number of nitrogens with one attached hydrogen (secondary N) is 1. The molecule has 6 heteroatoms. The van der Waals surface area contributed by atoms with Crippen LogP contribution in [0, 0.1) is 5.82 Å². The molecule has 0 fully saturated rings. The lowest BCUT2D eigenvalue weighted by Crippen LogP contribution is -2.45. The fourth-order valence-electron chi connectivity index (χ4n) is 1.89. The van der Waals surface area contributed by atoms with Crippen molar-refractivity contribution in [3.8, 4) is 0 Å². The Balaban J connectivity index is 2.33. The molecule has 90 valence electrons. The molecule has 17 heavy (non-hydrogen) atoms. The summed E-state index contributed by atoms with van der Waals surface area (Å²) in [5.74, 6) is 4.01. The number of halogens is 1. The van der Waals surface area contributed by atoms with Gasteiger partial charge >= 0.3 is 0 Å². The van der Waals surface area contributed by atoms with Gasteiger partial charge < -0.3 is 4.90 Å². The van der Waals surface area contributed by atoms with Crippen LogP contribution < -0.4 is 16.2 Å². The van der Waals surface area contributed by atoms with Gasteiger partial charge in [-0.15, -0.1) is 0 Å². The third kappa shape index (κ3) is 2.26. The van der Waals surface area contributed by atoms with Crippen molar-refractivity contribution in [3.05, 3.63) is 29.6 Å². The zero-order valence-corrected chi connectivity index (χ0v) is 9.07. The second-order valence-electron chi connectivity index (χ2n) is 3.82. The molecule has 0 aliphatic carbocycles. The molecule has 1 aliphatic rings. The van der Waals surface area contributed by atoms with Gasteiger partial charge in [0.1, 0.15) is 12.4 Å². The maximum absolute atomic E-state index is 13.0. The Kier molecular flexibility index (Phi) is 3.06. The van der Waals surface area contributed by atoms with E-state index in [1.54, 1.807) is 0 Å². The van der Waals surface area contributed by atoms with Gasteiger partial charge in [0.05, 0.1) is 0 Å². The number of aryl methyl sites for hydroxylation is 1. The van der Waals surface area contributed by atoms with Gasteiger partial charge in [0.15, 0.2) is 0 Å². The molecule has 2 rings (SSSR count). The van der Waals surface area contributed by atoms with E-state index in [-0.39, 0.29) is 24.7 Å². The minimum atomic E-state index is -0.462. The number of rotatable bonds is 2. The zero-order chi connectivity index (χ0) is 12.4. The van der Waals surface area contributed by atoms with Crippen LogP contribution in [0.3, 0.4) is 0 Å². The summed E-state index contributed by atoms with van der Waals surface area (Å²) in [6.45, 7) is -0.145. The molecule has 1 aliphatic heterocycles. The highest BCUT2D eigenvalue weighted by molar-refractivity contribution is 6.00. The molecular formula is C11H12FN3O2. The van der Waals surface area contributed by atoms with Crippen molar-refractivity contribution in [2.45, 2.75) is 12.8 Å². The molecule has 0 atom stereocenters. The van der Waals surface area contributed by atoms with Crippen LogP contribution in [0.2, 0.25) is 0 Å². The summed E-state index contributed by atoms with van der Waals surface area (Å²) in [5.41, 5.74) is 3.27. The van der Waals surface area contributed by atoms with Gasteiger partial charge in [0.25, 0.3) is 5.91 Å². The van der Waals surface area contributed by atoms with Gasteiger partial charge in [-0.3, -0.25) is 15.0 Å². The second-order valence-corrected chi connectivity index (χ2v) is 3.82. The summed E-state index contributed by atoms with van der Waals surface area (Å²) < 4.78 is 13.0. The van der Waals surface area contributed by atoms with E-state index in [9.17, 15) is 14.0 Å². The number of hydrazine groups is 1. The van der Waals surface area contributed by atoms with Crippen LogP contribution in [-0.2, 0) is 16.0 Å². The number of nitrogens with two attached hydrogens (primary N) is 1. The van der Waals surface area contributed by atoms with Gasteiger partial charge in [0.2, 0.25) is 5.91 Å². The lowest BCUT2D eigenvalue weighted by molar-refractivity contribution is -0.124. The van der Waals surface area contributed by atoms with Crippen LogP contribution in [-0.4, -0.2) is 18.4 Å². The highest BCUT2D eigenvalue weighted by atomic mass is 19.1. The summed E-state index contributed by atoms with van der Waals surface area (Å²) in [6.07, 6.45) is 0.765. The first kappa shape index (κ1) is 11.5. The van der Waals surface area contributed by atoms with Crippen LogP contribution >= 0.6 is 0 Å². The molecule has 0 unspecified atom stereocenters. The third-order valence-electron chi connectivity index (χ3n) is 2.70. The molecule has 0 saturated carbocycles. The lowest BCUT2D eigenvalue weighted by atomic mass is 10.0. The topological polar surface area (TPSA) is 75.4 Å². The van der Waals surface area contributed by atoms with E-state index in [0.29, 0.717) is 12.1 Å². The molecule has 1 aromatic carbocycles. The number of benzene rings is 1. The van der Waals surface area contributed by atoms with Gasteiger partial charge in [-0.2, -0.15) is 0 Å². The Morgan fingerprint density at radius 1 is 1.47 bits per heavy atom. The van der Waals surface area contributed by atoms with Crippen LogP contribution in [0.5, 0.6) is 0 Å². The van der Waals surface area contributed by atoms with Crippen molar-refractivity contribution in [2.75, 3.05) is 11.4 Å². The van der Waals surface area contributed by atoms with Crippen molar-refractivity contribution in [1.29, 1.82) is 0 Å². The number of anilines is 1. The standard InChI is InChI=1S/C11H12FN3O2/c12-8-2-3-9-7(5-8)1-4-11(17)15(9)6-10(16)14-13/h2-3,5H,1,4,6,13H2,(H,14,16). The van der Waals surface area contributed by atoms with Crippen molar-refractivity contribution in [2.24, 2.45) is 5.84 Å². The molecule has 0 saturated heterocycles. The van der Waals surface area contributed by atoms with Crippen LogP contribution in [0.15, 0.2) is 18.2 Å². The van der Waals surface area contributed by atoms with E-state index in [1.807, 2.05) is 5.43 Å². The lowest BCUT2D eigenvalue weighted by Gasteiger charge is -2.28. The van der Waals surface area contributed by atoms with Crippen LogP contribution in [0.25, 0.3) is 0 Å². The highest BCUT2D eigenvalue weighted by Crippen LogP contribution is 2.28. The first-order chi connectivity index (χ1) is 8.11. The average molecular weight is 237 g/mol. The molecule has 1 heterocycles. The van der Waals surface area contributed by atoms with Crippen molar-refractivity contribution in [3.63, 3.8) is 0 Å². The van der Waals surface area contributed by atoms with E-state index in [1.165, 1.54) is 23.1 Å². The summed E-state index contributed by atoms with van der Waals surface area (Å²) in [4.78, 5) is 24.2. The second kappa shape index (κ2) is 4.50. The monoisotopic (exact) mass is 237 g/mol. The fraction of sp³-hybridized carbons (Fsp3) is 0.273. The Hall–Kier alpha value is -1.95. The molecule has 3 N–H and O–H groups in total. The molecule has 2 amide bonds. The molecule has 0 aromatic heterocycles. The summed E-state index contributed by atoms with van der Waals surface area (Å²) in [6, 6.07) is 4.16. The van der Waals surface area contributed by atoms with E-state index in [0.717, 1.165) is 5.56 Å². The number of hydrogen-bond acceptors (Lipinski definition) is 3. The number of fused-ring (bicyclic) bond motifs is 1. The average Bonchev–Trinajstić information content (AvgIpc) is 2.32. The third-order valence-corrected chi connectivity index (χ3v) is 2.70. The number of carbonyl (C=O) groups excluding carboxylic acids is 2. The first-order valence-corrected chi connectivity index (χ1v) is 5.20. The van der Waals surface area contributed by atoms with E-state index in [4.69, 9.17) is 5.84 Å². The molecule has 5 nitrogen and oxygen atoms in total. The smallest absolute Gasteiger partial charge is 0.253 e. The Bertz CT molecular complexity index is 476. The number of hydrogen-bond donors (Lipinski definition) is 2. The number of amides is 2. The molecule has 1 aromatic rings. The van der Waals surface area contributed by atoms with E-state index in [2.05, 4.69) is 0 Å². The SMILES string of the molecule is NNC(=O)CN1C(=O)CCc2cc(F)ccc21. The van der Waals surface area contributed by atoms with Gasteiger partial charge in [-0.25, -0.2) is 10.2 Å². The fourth-order valence-corrected chi connectivity index (χ4v) is 1.89. The van der Waals surface area contributed by atoms with Crippen molar-refractivity contribution < 1.29 is 14.0 Å². The normalized spacial score (nSPS) is 14.5. The van der Waals surface area contributed by atoms with Crippen molar-refractivity contribution in [1.82, 2.24) is 5.43 Å². The first-order valence-electron chi connectivity index (χ1n) is 5.20. The minimum Gasteiger partial charge on any atom is -0.303 e. The van der Waals surface area contributed by atoms with Gasteiger partial charge in [-0.1, -0.05) is 0 Å². The number of nitrogens with zero attached hydrogens (tertiary/aromatic N) is 1. The Labute approximate surface area is 97.4 Å². The highest BCUT2D eigenvalue weighted by Gasteiger charge is 2.25. The summed E-state index contributed by atoms with van der Waals surface area (Å²) in [7, 11) is 0. The predicted molar refractivity (Wildman–Crippen MR) is 59.4 cm³/mol. The molecule has 0 spiro atoms. The summed E-state index contributed by atoms with van der Waals surface area (Å²) in [5, 5.41) is 0. The minimum absolute atomic E-state index is 0.145. The molecule has 0 bridgehead atoms. The Morgan fingerprint density at radius 3 is 2.94 bits per heavy atom.